The molecule has 10 heteroatoms. The van der Waals surface area contributed by atoms with E-state index in [1.807, 2.05) is 18.2 Å². The van der Waals surface area contributed by atoms with Gasteiger partial charge in [0, 0.05) is 18.8 Å². The lowest BCUT2D eigenvalue weighted by Gasteiger charge is -2.46. The fourth-order valence-corrected chi connectivity index (χ4v) is 6.61. The third kappa shape index (κ3) is 5.63. The van der Waals surface area contributed by atoms with E-state index in [-0.39, 0.29) is 12.0 Å². The number of anilines is 1. The number of carbonyl (C=O) groups is 1. The molecule has 2 aliphatic carbocycles. The van der Waals surface area contributed by atoms with Gasteiger partial charge in [0.1, 0.15) is 11.4 Å². The molecule has 0 saturated heterocycles. The van der Waals surface area contributed by atoms with Crippen molar-refractivity contribution in [2.75, 3.05) is 11.9 Å². The molecule has 3 aliphatic rings. The number of benzene rings is 2. The van der Waals surface area contributed by atoms with Crippen molar-refractivity contribution >= 4 is 11.7 Å². The molecule has 218 valence electrons. The van der Waals surface area contributed by atoms with Gasteiger partial charge in [0.2, 0.25) is 0 Å². The van der Waals surface area contributed by atoms with Gasteiger partial charge in [0.15, 0.2) is 0 Å². The standard InChI is InChI=1S/C30H33F6NO3/c1-17(27(38)39)26(19-4-5-19)20-6-3-18-9-12-28(40-25(18)15-20)13-10-22(11-14-28)37(2)24-16-21(29(31,32)33)7-8-23(24)30(34,35)36/h3,6-8,15-17,19,22,26H,4-5,9-14H2,1-2H3,(H,38,39)/t17-,22?,26?,28?/m0/s1. The number of fused-ring (bicyclic) bond motifs is 1. The predicted molar refractivity (Wildman–Crippen MR) is 137 cm³/mol. The van der Waals surface area contributed by atoms with Crippen LogP contribution in [0.1, 0.15) is 80.0 Å². The Labute approximate surface area is 229 Å². The Balaban J connectivity index is 1.33. The van der Waals surface area contributed by atoms with Crippen molar-refractivity contribution in [3.63, 3.8) is 0 Å². The third-order valence-electron chi connectivity index (χ3n) is 9.14. The zero-order valence-corrected chi connectivity index (χ0v) is 22.4. The number of halogens is 6. The predicted octanol–water partition coefficient (Wildman–Crippen LogP) is 8.08. The van der Waals surface area contributed by atoms with Gasteiger partial charge in [-0.3, -0.25) is 4.79 Å². The second-order valence-corrected chi connectivity index (χ2v) is 11.7. The smallest absolute Gasteiger partial charge is 0.418 e. The van der Waals surface area contributed by atoms with Crippen LogP contribution in [0.2, 0.25) is 0 Å². The number of aliphatic carboxylic acids is 1. The maximum absolute atomic E-state index is 13.7. The molecule has 5 rings (SSSR count). The van der Waals surface area contributed by atoms with Gasteiger partial charge in [-0.2, -0.15) is 26.3 Å². The second-order valence-electron chi connectivity index (χ2n) is 11.7. The first-order chi connectivity index (χ1) is 18.7. The van der Waals surface area contributed by atoms with E-state index in [1.165, 1.54) is 11.9 Å². The number of hydrogen-bond acceptors (Lipinski definition) is 3. The largest absolute Gasteiger partial charge is 0.487 e. The zero-order valence-electron chi connectivity index (χ0n) is 22.4. The van der Waals surface area contributed by atoms with Crippen molar-refractivity contribution in [1.29, 1.82) is 0 Å². The summed E-state index contributed by atoms with van der Waals surface area (Å²) in [5.74, 6) is -0.375. The first-order valence-electron chi connectivity index (χ1n) is 13.7. The maximum atomic E-state index is 13.7. The Morgan fingerprint density at radius 2 is 1.65 bits per heavy atom. The van der Waals surface area contributed by atoms with Crippen molar-refractivity contribution in [2.24, 2.45) is 11.8 Å². The number of carboxylic acid groups (broad SMARTS) is 1. The lowest BCUT2D eigenvalue weighted by molar-refractivity contribution is -0.142. The van der Waals surface area contributed by atoms with Crippen LogP contribution in [-0.2, 0) is 23.6 Å². The number of hydrogen-bond donors (Lipinski definition) is 1. The lowest BCUT2D eigenvalue weighted by Crippen LogP contribution is -2.47. The molecule has 0 bridgehead atoms. The molecule has 1 unspecified atom stereocenters. The Hall–Kier alpha value is -2.91. The molecule has 0 amide bonds. The van der Waals surface area contributed by atoms with Crippen LogP contribution in [0.5, 0.6) is 5.75 Å². The van der Waals surface area contributed by atoms with Gasteiger partial charge >= 0.3 is 18.3 Å². The van der Waals surface area contributed by atoms with E-state index in [1.54, 1.807) is 6.92 Å². The van der Waals surface area contributed by atoms with Crippen molar-refractivity contribution < 1.29 is 41.0 Å². The summed E-state index contributed by atoms with van der Waals surface area (Å²) in [6, 6.07) is 7.18. The summed E-state index contributed by atoms with van der Waals surface area (Å²) in [5, 5.41) is 9.64. The van der Waals surface area contributed by atoms with Crippen LogP contribution in [0.3, 0.4) is 0 Å². The van der Waals surface area contributed by atoms with E-state index in [0.29, 0.717) is 49.8 Å². The topological polar surface area (TPSA) is 49.8 Å². The van der Waals surface area contributed by atoms with Gasteiger partial charge in [0.05, 0.1) is 17.0 Å². The maximum Gasteiger partial charge on any atom is 0.418 e. The highest BCUT2D eigenvalue weighted by molar-refractivity contribution is 5.71. The number of rotatable bonds is 6. The molecule has 40 heavy (non-hydrogen) atoms. The van der Waals surface area contributed by atoms with Gasteiger partial charge in [-0.25, -0.2) is 0 Å². The minimum Gasteiger partial charge on any atom is -0.487 e. The highest BCUT2D eigenvalue weighted by Crippen LogP contribution is 2.50. The van der Waals surface area contributed by atoms with Crippen molar-refractivity contribution in [3.05, 3.63) is 58.7 Å². The molecule has 0 radical (unpaired) electrons. The molecule has 2 aromatic rings. The van der Waals surface area contributed by atoms with Crippen LogP contribution < -0.4 is 9.64 Å². The molecule has 1 aliphatic heterocycles. The Bertz CT molecular complexity index is 1260. The van der Waals surface area contributed by atoms with Gasteiger partial charge < -0.3 is 14.7 Å². The van der Waals surface area contributed by atoms with Crippen LogP contribution in [0.4, 0.5) is 32.0 Å². The van der Waals surface area contributed by atoms with Crippen LogP contribution in [-0.4, -0.2) is 29.8 Å². The molecule has 1 N–H and O–H groups in total. The number of ether oxygens (including phenoxy) is 1. The van der Waals surface area contributed by atoms with Gasteiger partial charge in [0.25, 0.3) is 0 Å². The van der Waals surface area contributed by atoms with Crippen LogP contribution in [0.25, 0.3) is 0 Å². The Morgan fingerprint density at radius 1 is 0.975 bits per heavy atom. The number of alkyl halides is 6. The van der Waals surface area contributed by atoms with Gasteiger partial charge in [-0.05, 0) is 98.6 Å². The summed E-state index contributed by atoms with van der Waals surface area (Å²) in [6.07, 6.45) is -3.96. The SMILES string of the molecule is C[C@H](C(=O)O)C(c1ccc2c(c1)OC1(CC2)CCC(N(C)c2cc(C(F)(F)F)ccc2C(F)(F)F)CC1)C1CC1. The van der Waals surface area contributed by atoms with Crippen molar-refractivity contribution in [2.45, 2.75) is 88.2 Å². The first-order valence-corrected chi connectivity index (χ1v) is 13.7. The lowest BCUT2D eigenvalue weighted by atomic mass is 9.76. The normalized spacial score (nSPS) is 24.6. The number of aryl methyl sites for hydroxylation is 1. The van der Waals surface area contributed by atoms with Crippen LogP contribution >= 0.6 is 0 Å². The molecule has 2 fully saturated rings. The summed E-state index contributed by atoms with van der Waals surface area (Å²) in [6.45, 7) is 1.74. The van der Waals surface area contributed by atoms with E-state index < -0.39 is 46.7 Å². The second kappa shape index (κ2) is 10.2. The number of nitrogens with zero attached hydrogens (tertiary/aromatic N) is 1. The summed E-state index contributed by atoms with van der Waals surface area (Å²) >= 11 is 0. The molecule has 1 spiro atoms. The monoisotopic (exact) mass is 569 g/mol. The Kier molecular flexibility index (Phi) is 7.28. The van der Waals surface area contributed by atoms with Crippen LogP contribution in [0.15, 0.2) is 36.4 Å². The van der Waals surface area contributed by atoms with Gasteiger partial charge in [-0.15, -0.1) is 0 Å². The minimum absolute atomic E-state index is 0.0936. The third-order valence-corrected chi connectivity index (χ3v) is 9.14. The highest BCUT2D eigenvalue weighted by Gasteiger charge is 2.44. The molecule has 2 aromatic carbocycles. The zero-order chi connectivity index (χ0) is 29.0. The Morgan fingerprint density at radius 3 is 2.23 bits per heavy atom. The van der Waals surface area contributed by atoms with Crippen molar-refractivity contribution in [1.82, 2.24) is 0 Å². The highest BCUT2D eigenvalue weighted by atomic mass is 19.4. The molecular formula is C30H33F6NO3. The molecule has 1 heterocycles. The molecular weight excluding hydrogens is 536 g/mol. The summed E-state index contributed by atoms with van der Waals surface area (Å²) in [5.41, 5.74) is -1.17. The average molecular weight is 570 g/mol. The summed E-state index contributed by atoms with van der Waals surface area (Å²) < 4.78 is 87.7. The molecule has 2 saturated carbocycles. The molecule has 4 nitrogen and oxygen atoms in total. The first kappa shape index (κ1) is 28.6. The summed E-state index contributed by atoms with van der Waals surface area (Å²) in [7, 11) is 1.43. The fourth-order valence-electron chi connectivity index (χ4n) is 6.61. The van der Waals surface area contributed by atoms with E-state index in [2.05, 4.69) is 0 Å². The quantitative estimate of drug-likeness (QED) is 0.358. The van der Waals surface area contributed by atoms with E-state index >= 15 is 0 Å². The van der Waals surface area contributed by atoms with Gasteiger partial charge in [-0.1, -0.05) is 19.1 Å². The summed E-state index contributed by atoms with van der Waals surface area (Å²) in [4.78, 5) is 13.1. The van der Waals surface area contributed by atoms with E-state index in [4.69, 9.17) is 4.74 Å². The minimum atomic E-state index is -4.78. The van der Waals surface area contributed by atoms with Crippen LogP contribution in [0, 0.1) is 11.8 Å². The van der Waals surface area contributed by atoms with E-state index in [0.717, 1.165) is 42.6 Å². The van der Waals surface area contributed by atoms with E-state index in [9.17, 15) is 36.2 Å². The molecule has 0 aromatic heterocycles. The molecule has 2 atom stereocenters. The van der Waals surface area contributed by atoms with Crippen molar-refractivity contribution in [3.8, 4) is 5.75 Å². The number of carboxylic acids is 1. The average Bonchev–Trinajstić information content (AvgIpc) is 3.72. The fraction of sp³-hybridized carbons (Fsp3) is 0.567.